The fourth-order valence-electron chi connectivity index (χ4n) is 3.26. The summed E-state index contributed by atoms with van der Waals surface area (Å²) in [6.07, 6.45) is 2.80. The molecule has 2 fully saturated rings. The van der Waals surface area contributed by atoms with Crippen LogP contribution in [0.5, 0.6) is 0 Å². The topological polar surface area (TPSA) is 34.1 Å². The summed E-state index contributed by atoms with van der Waals surface area (Å²) in [5, 5.41) is 0. The van der Waals surface area contributed by atoms with Gasteiger partial charge in [0.05, 0.1) is 6.42 Å². The Bertz CT molecular complexity index is 301. The molecular formula is C12H18O2. The summed E-state index contributed by atoms with van der Waals surface area (Å²) >= 11 is 0. The van der Waals surface area contributed by atoms with Crippen LogP contribution in [0.25, 0.3) is 0 Å². The zero-order valence-corrected chi connectivity index (χ0v) is 9.22. The third-order valence-electron chi connectivity index (χ3n) is 4.76. The van der Waals surface area contributed by atoms with Crippen molar-refractivity contribution >= 4 is 11.6 Å². The van der Waals surface area contributed by atoms with Gasteiger partial charge in [-0.2, -0.15) is 0 Å². The van der Waals surface area contributed by atoms with Crippen molar-refractivity contribution in [3.8, 4) is 0 Å². The van der Waals surface area contributed by atoms with Gasteiger partial charge in [-0.15, -0.1) is 0 Å². The van der Waals surface area contributed by atoms with Crippen LogP contribution in [0.4, 0.5) is 0 Å². The number of carbonyl (C=O) groups excluding carboxylic acids is 2. The molecule has 0 unspecified atom stereocenters. The Morgan fingerprint density at radius 2 is 1.86 bits per heavy atom. The number of hydrogen-bond acceptors (Lipinski definition) is 2. The van der Waals surface area contributed by atoms with Gasteiger partial charge in [0.1, 0.15) is 11.6 Å². The van der Waals surface area contributed by atoms with E-state index in [4.69, 9.17) is 0 Å². The Kier molecular flexibility index (Phi) is 1.89. The van der Waals surface area contributed by atoms with E-state index in [2.05, 4.69) is 20.8 Å². The largest absolute Gasteiger partial charge is 0.299 e. The van der Waals surface area contributed by atoms with E-state index in [0.717, 1.165) is 12.8 Å². The Balaban J connectivity index is 2.45. The van der Waals surface area contributed by atoms with Gasteiger partial charge < -0.3 is 0 Å². The minimum absolute atomic E-state index is 0.0102. The summed E-state index contributed by atoms with van der Waals surface area (Å²) in [5.41, 5.74) is 0.0666. The Morgan fingerprint density at radius 3 is 2.50 bits per heavy atom. The third kappa shape index (κ3) is 1.09. The molecule has 0 aromatic heterocycles. The predicted octanol–water partition coefficient (Wildman–Crippen LogP) is 2.36. The van der Waals surface area contributed by atoms with Gasteiger partial charge in [0, 0.05) is 12.3 Å². The van der Waals surface area contributed by atoms with Crippen LogP contribution < -0.4 is 0 Å². The van der Waals surface area contributed by atoms with Gasteiger partial charge in [-0.1, -0.05) is 20.8 Å². The van der Waals surface area contributed by atoms with Gasteiger partial charge in [0.25, 0.3) is 0 Å². The molecule has 78 valence electrons. The van der Waals surface area contributed by atoms with E-state index in [1.807, 2.05) is 0 Å². The first kappa shape index (κ1) is 9.88. The molecule has 2 nitrogen and oxygen atoms in total. The van der Waals surface area contributed by atoms with E-state index in [1.54, 1.807) is 0 Å². The molecule has 2 rings (SSSR count). The smallest absolute Gasteiger partial charge is 0.143 e. The molecule has 0 saturated heterocycles. The number of fused-ring (bicyclic) bond motifs is 2. The zero-order valence-electron chi connectivity index (χ0n) is 9.22. The van der Waals surface area contributed by atoms with Crippen LogP contribution in [0.2, 0.25) is 0 Å². The summed E-state index contributed by atoms with van der Waals surface area (Å²) < 4.78 is 0. The molecule has 0 N–H and O–H groups in total. The second-order valence-corrected chi connectivity index (χ2v) is 5.73. The summed E-state index contributed by atoms with van der Waals surface area (Å²) in [4.78, 5) is 23.4. The number of rotatable bonds is 0. The van der Waals surface area contributed by atoms with Crippen molar-refractivity contribution in [2.45, 2.75) is 46.5 Å². The molecular weight excluding hydrogens is 176 g/mol. The van der Waals surface area contributed by atoms with Gasteiger partial charge in [0.2, 0.25) is 0 Å². The lowest BCUT2D eigenvalue weighted by Crippen LogP contribution is -2.35. The minimum Gasteiger partial charge on any atom is -0.299 e. The third-order valence-corrected chi connectivity index (χ3v) is 4.76. The number of Topliss-reactive ketones (excluding diaryl/α,β-unsaturated/α-hetero) is 2. The molecule has 2 atom stereocenters. The first-order chi connectivity index (χ1) is 6.37. The molecule has 2 aliphatic carbocycles. The van der Waals surface area contributed by atoms with Gasteiger partial charge in [-0.05, 0) is 23.7 Å². The van der Waals surface area contributed by atoms with Crippen molar-refractivity contribution in [2.75, 3.05) is 0 Å². The highest BCUT2D eigenvalue weighted by atomic mass is 16.1. The van der Waals surface area contributed by atoms with Crippen molar-refractivity contribution in [1.29, 1.82) is 0 Å². The first-order valence-corrected chi connectivity index (χ1v) is 5.41. The molecule has 0 aliphatic heterocycles. The van der Waals surface area contributed by atoms with E-state index in [0.29, 0.717) is 6.42 Å². The van der Waals surface area contributed by atoms with E-state index in [9.17, 15) is 9.59 Å². The Morgan fingerprint density at radius 1 is 1.21 bits per heavy atom. The number of ketones is 2. The summed E-state index contributed by atoms with van der Waals surface area (Å²) in [7, 11) is 0. The van der Waals surface area contributed by atoms with E-state index < -0.39 is 0 Å². The van der Waals surface area contributed by atoms with Crippen LogP contribution in [-0.4, -0.2) is 11.6 Å². The Labute approximate surface area is 85.1 Å². The first-order valence-electron chi connectivity index (χ1n) is 5.41. The summed E-state index contributed by atoms with van der Waals surface area (Å²) in [6.45, 7) is 6.48. The molecule has 0 aromatic carbocycles. The lowest BCUT2D eigenvalue weighted by molar-refractivity contribution is -0.129. The zero-order chi connectivity index (χ0) is 10.6. The summed E-state index contributed by atoms with van der Waals surface area (Å²) in [5.74, 6) is 0.452. The molecule has 2 saturated carbocycles. The highest BCUT2D eigenvalue weighted by Crippen LogP contribution is 2.59. The normalized spacial score (nSPS) is 41.2. The second kappa shape index (κ2) is 2.68. The second-order valence-electron chi connectivity index (χ2n) is 5.73. The number of carbonyl (C=O) groups is 2. The van der Waals surface area contributed by atoms with Gasteiger partial charge >= 0.3 is 0 Å². The molecule has 0 amide bonds. The fourth-order valence-corrected chi connectivity index (χ4v) is 3.26. The van der Waals surface area contributed by atoms with Gasteiger partial charge in [-0.3, -0.25) is 9.59 Å². The highest BCUT2D eigenvalue weighted by molar-refractivity contribution is 6.02. The summed E-state index contributed by atoms with van der Waals surface area (Å²) in [6, 6.07) is 0. The maximum Gasteiger partial charge on any atom is 0.143 e. The van der Waals surface area contributed by atoms with E-state index >= 15 is 0 Å². The molecule has 0 heterocycles. The lowest BCUT2D eigenvalue weighted by Gasteiger charge is -2.39. The highest BCUT2D eigenvalue weighted by Gasteiger charge is 2.56. The average Bonchev–Trinajstić information content (AvgIpc) is 2.18. The molecule has 2 heteroatoms. The van der Waals surface area contributed by atoms with Crippen LogP contribution in [-0.2, 0) is 9.59 Å². The van der Waals surface area contributed by atoms with Crippen molar-refractivity contribution in [1.82, 2.24) is 0 Å². The SMILES string of the molecule is CC1(C)[C@H]2CC[C@]1(C)CC(=O)CC2=O. The van der Waals surface area contributed by atoms with Crippen molar-refractivity contribution in [3.05, 3.63) is 0 Å². The monoisotopic (exact) mass is 194 g/mol. The fraction of sp³-hybridized carbons (Fsp3) is 0.833. The predicted molar refractivity (Wildman–Crippen MR) is 53.9 cm³/mol. The van der Waals surface area contributed by atoms with Crippen molar-refractivity contribution in [3.63, 3.8) is 0 Å². The van der Waals surface area contributed by atoms with Crippen molar-refractivity contribution in [2.24, 2.45) is 16.7 Å². The van der Waals surface area contributed by atoms with Crippen LogP contribution in [0.1, 0.15) is 46.5 Å². The number of hydrogen-bond donors (Lipinski definition) is 0. The minimum atomic E-state index is 0.0102. The lowest BCUT2D eigenvalue weighted by atomic mass is 9.65. The van der Waals surface area contributed by atoms with Crippen LogP contribution >= 0.6 is 0 Å². The molecule has 2 bridgehead atoms. The van der Waals surface area contributed by atoms with Crippen molar-refractivity contribution < 1.29 is 9.59 Å². The van der Waals surface area contributed by atoms with Crippen LogP contribution in [0.3, 0.4) is 0 Å². The molecule has 0 radical (unpaired) electrons. The molecule has 0 aromatic rings. The van der Waals surface area contributed by atoms with E-state index in [1.165, 1.54) is 0 Å². The standard InChI is InChI=1S/C12H18O2/c1-11(2)9-4-5-12(11,3)7-8(13)6-10(9)14/h9H,4-7H2,1-3H3/t9-,12+/m0/s1. The van der Waals surface area contributed by atoms with Crippen LogP contribution in [0, 0.1) is 16.7 Å². The molecule has 2 aliphatic rings. The quantitative estimate of drug-likeness (QED) is 0.555. The van der Waals surface area contributed by atoms with E-state index in [-0.39, 0.29) is 34.7 Å². The maximum atomic E-state index is 11.8. The van der Waals surface area contributed by atoms with Gasteiger partial charge in [0.15, 0.2) is 0 Å². The van der Waals surface area contributed by atoms with Crippen LogP contribution in [0.15, 0.2) is 0 Å². The average molecular weight is 194 g/mol. The molecule has 0 spiro atoms. The Hall–Kier alpha value is -0.660. The maximum absolute atomic E-state index is 11.8. The molecule has 14 heavy (non-hydrogen) atoms. The van der Waals surface area contributed by atoms with Gasteiger partial charge in [-0.25, -0.2) is 0 Å².